The normalized spacial score (nSPS) is 19.3. The molecule has 1 fully saturated rings. The third-order valence-corrected chi connectivity index (χ3v) is 4.51. The summed E-state index contributed by atoms with van der Waals surface area (Å²) in [6.07, 6.45) is 1.83. The molecule has 4 nitrogen and oxygen atoms in total. The zero-order valence-corrected chi connectivity index (χ0v) is 14.2. The molecule has 0 radical (unpaired) electrons. The van der Waals surface area contributed by atoms with Gasteiger partial charge in [-0.2, -0.15) is 0 Å². The van der Waals surface area contributed by atoms with Crippen molar-refractivity contribution in [3.63, 3.8) is 0 Å². The minimum absolute atomic E-state index is 0.377. The van der Waals surface area contributed by atoms with Crippen LogP contribution in [0.3, 0.4) is 0 Å². The van der Waals surface area contributed by atoms with Crippen LogP contribution in [0.1, 0.15) is 22.5 Å². The second-order valence-corrected chi connectivity index (χ2v) is 6.56. The summed E-state index contributed by atoms with van der Waals surface area (Å²) < 4.78 is 12.2. The first kappa shape index (κ1) is 16.1. The highest BCUT2D eigenvalue weighted by molar-refractivity contribution is 9.10. The molecule has 0 bridgehead atoms. The van der Waals surface area contributed by atoms with Crippen molar-refractivity contribution in [2.45, 2.75) is 13.0 Å². The Balaban J connectivity index is 1.39. The molecule has 0 saturated heterocycles. The molecule has 1 aromatic heterocycles. The lowest BCUT2D eigenvalue weighted by atomic mass is 10.2. The number of halogens is 1. The Bertz CT molecular complexity index is 663. The van der Waals surface area contributed by atoms with Crippen LogP contribution in [0.4, 0.5) is 0 Å². The molecule has 0 aliphatic heterocycles. The predicted octanol–water partition coefficient (Wildman–Crippen LogP) is 3.89. The maximum absolute atomic E-state index is 10.8. The number of aldehydes is 1. The molecular weight excluding hydrogens is 358 g/mol. The molecule has 1 heterocycles. The van der Waals surface area contributed by atoms with Crippen LogP contribution in [0, 0.1) is 11.8 Å². The number of hydrogen-bond donors (Lipinski definition) is 0. The van der Waals surface area contributed by atoms with Crippen LogP contribution in [0.25, 0.3) is 0 Å². The molecule has 1 aliphatic rings. The van der Waals surface area contributed by atoms with Crippen LogP contribution in [0.5, 0.6) is 5.88 Å². The van der Waals surface area contributed by atoms with Crippen LogP contribution in [-0.2, 0) is 11.3 Å². The Hall–Kier alpha value is -1.72. The number of ether oxygens (including phenoxy) is 2. The molecule has 2 atom stereocenters. The van der Waals surface area contributed by atoms with Gasteiger partial charge in [0.05, 0.1) is 24.3 Å². The summed E-state index contributed by atoms with van der Waals surface area (Å²) >= 11 is 3.38. The minimum Gasteiger partial charge on any atom is -0.477 e. The fourth-order valence-corrected chi connectivity index (χ4v) is 2.75. The summed E-state index contributed by atoms with van der Waals surface area (Å²) in [5, 5.41) is 0. The Morgan fingerprint density at radius 3 is 2.70 bits per heavy atom. The fourth-order valence-electron chi connectivity index (χ4n) is 2.41. The first-order valence-electron chi connectivity index (χ1n) is 7.62. The first-order valence-corrected chi connectivity index (χ1v) is 8.41. The van der Waals surface area contributed by atoms with E-state index in [0.29, 0.717) is 36.6 Å². The molecule has 0 unspecified atom stereocenters. The molecule has 1 aromatic carbocycles. The van der Waals surface area contributed by atoms with E-state index < -0.39 is 0 Å². The predicted molar refractivity (Wildman–Crippen MR) is 90.5 cm³/mol. The van der Waals surface area contributed by atoms with Gasteiger partial charge in [-0.15, -0.1) is 0 Å². The Kier molecular flexibility index (Phi) is 5.41. The quantitative estimate of drug-likeness (QED) is 0.656. The van der Waals surface area contributed by atoms with Crippen LogP contribution in [0.15, 0.2) is 46.9 Å². The van der Waals surface area contributed by atoms with Crippen LogP contribution in [0.2, 0.25) is 0 Å². The maximum Gasteiger partial charge on any atom is 0.228 e. The van der Waals surface area contributed by atoms with E-state index in [0.717, 1.165) is 23.8 Å². The second kappa shape index (κ2) is 7.70. The molecular formula is C18H18BrNO3. The first-order chi connectivity index (χ1) is 11.3. The van der Waals surface area contributed by atoms with Crippen molar-refractivity contribution in [2.75, 3.05) is 13.2 Å². The van der Waals surface area contributed by atoms with Crippen molar-refractivity contribution in [3.05, 3.63) is 58.2 Å². The third-order valence-electron chi connectivity index (χ3n) is 3.90. The maximum atomic E-state index is 10.8. The smallest absolute Gasteiger partial charge is 0.228 e. The van der Waals surface area contributed by atoms with Gasteiger partial charge in [0, 0.05) is 0 Å². The Morgan fingerprint density at radius 1 is 1.13 bits per heavy atom. The van der Waals surface area contributed by atoms with E-state index in [9.17, 15) is 4.79 Å². The third kappa shape index (κ3) is 4.62. The van der Waals surface area contributed by atoms with Crippen molar-refractivity contribution in [2.24, 2.45) is 11.8 Å². The Morgan fingerprint density at radius 2 is 1.91 bits per heavy atom. The van der Waals surface area contributed by atoms with Gasteiger partial charge in [0.25, 0.3) is 0 Å². The molecule has 0 amide bonds. The van der Waals surface area contributed by atoms with Crippen LogP contribution < -0.4 is 4.74 Å². The van der Waals surface area contributed by atoms with Crippen molar-refractivity contribution >= 4 is 22.2 Å². The summed E-state index contributed by atoms with van der Waals surface area (Å²) in [5.41, 5.74) is 1.57. The lowest BCUT2D eigenvalue weighted by Gasteiger charge is -2.07. The van der Waals surface area contributed by atoms with Gasteiger partial charge in [0.1, 0.15) is 5.69 Å². The van der Waals surface area contributed by atoms with Gasteiger partial charge in [-0.25, -0.2) is 4.98 Å². The van der Waals surface area contributed by atoms with E-state index in [1.807, 2.05) is 18.2 Å². The van der Waals surface area contributed by atoms with Gasteiger partial charge in [0.15, 0.2) is 6.29 Å². The van der Waals surface area contributed by atoms with Gasteiger partial charge in [-0.05, 0) is 51.9 Å². The topological polar surface area (TPSA) is 48.4 Å². The molecule has 1 aliphatic carbocycles. The summed E-state index contributed by atoms with van der Waals surface area (Å²) in [6.45, 7) is 2.01. The number of nitrogens with zero attached hydrogens (tertiary/aromatic N) is 1. The van der Waals surface area contributed by atoms with Gasteiger partial charge >= 0.3 is 0 Å². The number of carbonyl (C=O) groups is 1. The number of rotatable bonds is 8. The van der Waals surface area contributed by atoms with Gasteiger partial charge in [0.2, 0.25) is 5.88 Å². The molecule has 0 spiro atoms. The average Bonchev–Trinajstić information content (AvgIpc) is 3.33. The summed E-state index contributed by atoms with van der Waals surface area (Å²) in [4.78, 5) is 14.9. The molecule has 0 N–H and O–H groups in total. The van der Waals surface area contributed by atoms with Crippen molar-refractivity contribution in [3.8, 4) is 5.88 Å². The van der Waals surface area contributed by atoms with Crippen LogP contribution >= 0.6 is 15.9 Å². The number of pyridine rings is 1. The SMILES string of the molecule is O=Cc1ccc(Br)c(OC[C@H]2C[C@@H]2COCc2ccccc2)n1. The van der Waals surface area contributed by atoms with Crippen molar-refractivity contribution in [1.82, 2.24) is 4.98 Å². The summed E-state index contributed by atoms with van der Waals surface area (Å²) in [6, 6.07) is 13.6. The number of benzene rings is 1. The lowest BCUT2D eigenvalue weighted by molar-refractivity contribution is 0.105. The van der Waals surface area contributed by atoms with Gasteiger partial charge < -0.3 is 9.47 Å². The standard InChI is InChI=1S/C18H18BrNO3/c19-17-7-6-16(9-21)20-18(17)23-12-15-8-14(15)11-22-10-13-4-2-1-3-5-13/h1-7,9,14-15H,8,10-12H2/t14-,15-/m1/s1. The number of aromatic nitrogens is 1. The summed E-state index contributed by atoms with van der Waals surface area (Å²) in [7, 11) is 0. The molecule has 23 heavy (non-hydrogen) atoms. The lowest BCUT2D eigenvalue weighted by Crippen LogP contribution is -2.06. The van der Waals surface area contributed by atoms with Gasteiger partial charge in [-0.1, -0.05) is 30.3 Å². The molecule has 3 rings (SSSR count). The van der Waals surface area contributed by atoms with E-state index in [4.69, 9.17) is 9.47 Å². The fraction of sp³-hybridized carbons (Fsp3) is 0.333. The highest BCUT2D eigenvalue weighted by Gasteiger charge is 2.37. The minimum atomic E-state index is 0.377. The largest absolute Gasteiger partial charge is 0.477 e. The second-order valence-electron chi connectivity index (χ2n) is 5.71. The summed E-state index contributed by atoms with van der Waals surface area (Å²) in [5.74, 6) is 1.52. The van der Waals surface area contributed by atoms with E-state index >= 15 is 0 Å². The highest BCUT2D eigenvalue weighted by atomic mass is 79.9. The van der Waals surface area contributed by atoms with E-state index in [1.165, 1.54) is 5.56 Å². The number of hydrogen-bond acceptors (Lipinski definition) is 4. The monoisotopic (exact) mass is 375 g/mol. The zero-order valence-electron chi connectivity index (χ0n) is 12.7. The van der Waals surface area contributed by atoms with Crippen molar-refractivity contribution in [1.29, 1.82) is 0 Å². The molecule has 1 saturated carbocycles. The van der Waals surface area contributed by atoms with Crippen molar-refractivity contribution < 1.29 is 14.3 Å². The average molecular weight is 376 g/mol. The van der Waals surface area contributed by atoms with Crippen LogP contribution in [-0.4, -0.2) is 24.5 Å². The molecule has 5 heteroatoms. The molecule has 120 valence electrons. The number of carbonyl (C=O) groups excluding carboxylic acids is 1. The van der Waals surface area contributed by atoms with E-state index in [1.54, 1.807) is 12.1 Å². The van der Waals surface area contributed by atoms with E-state index in [2.05, 4.69) is 33.0 Å². The Labute approximate surface area is 144 Å². The van der Waals surface area contributed by atoms with E-state index in [-0.39, 0.29) is 0 Å². The highest BCUT2D eigenvalue weighted by Crippen LogP contribution is 2.39. The van der Waals surface area contributed by atoms with Gasteiger partial charge in [-0.3, -0.25) is 4.79 Å². The molecule has 2 aromatic rings. The zero-order chi connectivity index (χ0) is 16.1.